The Morgan fingerprint density at radius 3 is 2.35 bits per heavy atom. The van der Waals surface area contributed by atoms with E-state index in [0.29, 0.717) is 0 Å². The van der Waals surface area contributed by atoms with Crippen molar-refractivity contribution in [2.45, 2.75) is 25.0 Å². The smallest absolute Gasteiger partial charge is 0.253 e. The van der Waals surface area contributed by atoms with Crippen LogP contribution in [-0.2, 0) is 14.8 Å². The fourth-order valence-electron chi connectivity index (χ4n) is 2.25. The van der Waals surface area contributed by atoms with E-state index < -0.39 is 10.0 Å². The number of para-hydroxylation sites is 1. The molecule has 2 aromatic rings. The number of carbonyl (C=O) groups excluding carboxylic acids is 1. The summed E-state index contributed by atoms with van der Waals surface area (Å²) < 4.78 is 26.4. The Morgan fingerprint density at radius 1 is 1.17 bits per heavy atom. The topological polar surface area (TPSA) is 66.5 Å². The molecule has 0 aliphatic rings. The molecule has 7 heteroatoms. The monoisotopic (exact) mass is 352 g/mol. The molecule has 0 aliphatic heterocycles. The van der Waals surface area contributed by atoms with Gasteiger partial charge in [0.2, 0.25) is 5.91 Å². The molecule has 1 amide bonds. The van der Waals surface area contributed by atoms with Crippen LogP contribution in [0.4, 0.5) is 5.69 Å². The second-order valence-electron chi connectivity index (χ2n) is 5.18. The maximum absolute atomic E-state index is 12.5. The molecule has 0 aliphatic carbocycles. The number of sulfonamides is 1. The second kappa shape index (κ2) is 7.25. The molecule has 1 N–H and O–H groups in total. The van der Waals surface area contributed by atoms with Crippen molar-refractivity contribution in [3.05, 3.63) is 46.8 Å². The van der Waals surface area contributed by atoms with Gasteiger partial charge in [-0.1, -0.05) is 31.2 Å². The summed E-state index contributed by atoms with van der Waals surface area (Å²) in [5.41, 5.74) is 2.63. The van der Waals surface area contributed by atoms with Crippen LogP contribution in [0.5, 0.6) is 0 Å². The molecule has 0 saturated carbocycles. The number of nitrogens with zero attached hydrogens (tertiary/aromatic N) is 1. The van der Waals surface area contributed by atoms with E-state index in [1.54, 1.807) is 24.4 Å². The number of hydrogen-bond donors (Lipinski definition) is 1. The van der Waals surface area contributed by atoms with E-state index in [9.17, 15) is 13.2 Å². The minimum Gasteiger partial charge on any atom is -0.324 e. The van der Waals surface area contributed by atoms with Gasteiger partial charge in [0.15, 0.2) is 0 Å². The van der Waals surface area contributed by atoms with Gasteiger partial charge in [-0.25, -0.2) is 8.42 Å². The molecule has 5 nitrogen and oxygen atoms in total. The van der Waals surface area contributed by atoms with E-state index in [0.717, 1.165) is 28.2 Å². The molecule has 0 spiro atoms. The standard InChI is InChI=1S/C16H20N2O3S2/c1-4-18(23(20,21)15-9-6-10-22-15)11-14(19)17-16-12(2)7-5-8-13(16)3/h5-10H,4,11H2,1-3H3,(H,17,19). The van der Waals surface area contributed by atoms with Crippen LogP contribution in [0.1, 0.15) is 18.1 Å². The van der Waals surface area contributed by atoms with Crippen LogP contribution < -0.4 is 5.32 Å². The number of likely N-dealkylation sites (N-methyl/N-ethyl adjacent to an activating group) is 1. The molecule has 0 unspecified atom stereocenters. The predicted molar refractivity (Wildman–Crippen MR) is 93.3 cm³/mol. The van der Waals surface area contributed by atoms with Crippen molar-refractivity contribution >= 4 is 33.0 Å². The lowest BCUT2D eigenvalue weighted by Crippen LogP contribution is -2.37. The molecule has 1 aromatic heterocycles. The molecule has 23 heavy (non-hydrogen) atoms. The average molecular weight is 352 g/mol. The summed E-state index contributed by atoms with van der Waals surface area (Å²) in [6.07, 6.45) is 0. The fourth-order valence-corrected chi connectivity index (χ4v) is 4.80. The molecule has 124 valence electrons. The first-order chi connectivity index (χ1) is 10.9. The Bertz CT molecular complexity index is 763. The Morgan fingerprint density at radius 2 is 1.83 bits per heavy atom. The first-order valence-electron chi connectivity index (χ1n) is 7.26. The van der Waals surface area contributed by atoms with Gasteiger partial charge in [-0.3, -0.25) is 4.79 Å². The Kier molecular flexibility index (Phi) is 5.56. The Labute approximate surface area is 141 Å². The number of nitrogens with one attached hydrogen (secondary N) is 1. The number of hydrogen-bond acceptors (Lipinski definition) is 4. The highest BCUT2D eigenvalue weighted by atomic mass is 32.2. The molecule has 1 aromatic carbocycles. The minimum absolute atomic E-state index is 0.204. The third kappa shape index (κ3) is 3.99. The predicted octanol–water partition coefficient (Wildman–Crippen LogP) is 3.01. The van der Waals surface area contributed by atoms with Gasteiger partial charge in [-0.15, -0.1) is 11.3 Å². The third-order valence-corrected chi connectivity index (χ3v) is 6.80. The zero-order valence-electron chi connectivity index (χ0n) is 13.4. The van der Waals surface area contributed by atoms with Gasteiger partial charge >= 0.3 is 0 Å². The zero-order valence-corrected chi connectivity index (χ0v) is 15.0. The van der Waals surface area contributed by atoms with E-state index >= 15 is 0 Å². The highest BCUT2D eigenvalue weighted by Crippen LogP contribution is 2.22. The molecular formula is C16H20N2O3S2. The fraction of sp³-hybridized carbons (Fsp3) is 0.312. The van der Waals surface area contributed by atoms with Crippen molar-refractivity contribution in [1.82, 2.24) is 4.31 Å². The molecule has 0 radical (unpaired) electrons. The van der Waals surface area contributed by atoms with Crippen molar-refractivity contribution in [1.29, 1.82) is 0 Å². The van der Waals surface area contributed by atoms with E-state index in [2.05, 4.69) is 5.32 Å². The number of carbonyl (C=O) groups is 1. The maximum Gasteiger partial charge on any atom is 0.253 e. The average Bonchev–Trinajstić information content (AvgIpc) is 3.03. The summed E-state index contributed by atoms with van der Waals surface area (Å²) in [6.45, 7) is 5.56. The van der Waals surface area contributed by atoms with Crippen molar-refractivity contribution in [3.63, 3.8) is 0 Å². The van der Waals surface area contributed by atoms with Crippen LogP contribution in [0.25, 0.3) is 0 Å². The quantitative estimate of drug-likeness (QED) is 0.869. The first kappa shape index (κ1) is 17.7. The summed E-state index contributed by atoms with van der Waals surface area (Å²) in [6, 6.07) is 8.96. The van der Waals surface area contributed by atoms with E-state index in [-0.39, 0.29) is 23.2 Å². The van der Waals surface area contributed by atoms with Gasteiger partial charge in [0, 0.05) is 12.2 Å². The van der Waals surface area contributed by atoms with Gasteiger partial charge in [-0.05, 0) is 36.4 Å². The number of anilines is 1. The maximum atomic E-state index is 12.5. The van der Waals surface area contributed by atoms with Crippen molar-refractivity contribution < 1.29 is 13.2 Å². The zero-order chi connectivity index (χ0) is 17.0. The third-order valence-electron chi connectivity index (χ3n) is 3.51. The summed E-state index contributed by atoms with van der Waals surface area (Å²) in [5.74, 6) is -0.343. The number of aryl methyl sites for hydroxylation is 2. The van der Waals surface area contributed by atoms with Crippen LogP contribution in [0.2, 0.25) is 0 Å². The van der Waals surface area contributed by atoms with Crippen LogP contribution in [-0.4, -0.2) is 31.7 Å². The summed E-state index contributed by atoms with van der Waals surface area (Å²) in [4.78, 5) is 12.3. The number of rotatable bonds is 6. The molecule has 2 rings (SSSR count). The number of thiophene rings is 1. The summed E-state index contributed by atoms with van der Waals surface area (Å²) in [5, 5.41) is 4.52. The number of benzene rings is 1. The Hall–Kier alpha value is -1.70. The molecule has 0 atom stereocenters. The minimum atomic E-state index is -3.62. The van der Waals surface area contributed by atoms with E-state index in [4.69, 9.17) is 0 Å². The van der Waals surface area contributed by atoms with Crippen LogP contribution >= 0.6 is 11.3 Å². The van der Waals surface area contributed by atoms with Gasteiger partial charge in [0.05, 0.1) is 6.54 Å². The lowest BCUT2D eigenvalue weighted by molar-refractivity contribution is -0.116. The van der Waals surface area contributed by atoms with E-state index in [1.165, 1.54) is 4.31 Å². The SMILES string of the molecule is CCN(CC(=O)Nc1c(C)cccc1C)S(=O)(=O)c1cccs1. The lowest BCUT2D eigenvalue weighted by atomic mass is 10.1. The first-order valence-corrected chi connectivity index (χ1v) is 9.58. The van der Waals surface area contributed by atoms with Crippen LogP contribution in [0, 0.1) is 13.8 Å². The second-order valence-corrected chi connectivity index (χ2v) is 8.29. The highest BCUT2D eigenvalue weighted by Gasteiger charge is 2.26. The van der Waals surface area contributed by atoms with E-state index in [1.807, 2.05) is 32.0 Å². The highest BCUT2D eigenvalue weighted by molar-refractivity contribution is 7.91. The molecule has 0 bridgehead atoms. The molecule has 1 heterocycles. The lowest BCUT2D eigenvalue weighted by Gasteiger charge is -2.20. The van der Waals surface area contributed by atoms with Crippen LogP contribution in [0.3, 0.4) is 0 Å². The van der Waals surface area contributed by atoms with Crippen molar-refractivity contribution in [2.75, 3.05) is 18.4 Å². The number of amides is 1. The van der Waals surface area contributed by atoms with Gasteiger partial charge in [-0.2, -0.15) is 4.31 Å². The Balaban J connectivity index is 2.15. The summed E-state index contributed by atoms with van der Waals surface area (Å²) in [7, 11) is -3.62. The van der Waals surface area contributed by atoms with Gasteiger partial charge < -0.3 is 5.32 Å². The van der Waals surface area contributed by atoms with Gasteiger partial charge in [0.1, 0.15) is 4.21 Å². The van der Waals surface area contributed by atoms with Crippen LogP contribution in [0.15, 0.2) is 39.9 Å². The van der Waals surface area contributed by atoms with Crippen molar-refractivity contribution in [2.24, 2.45) is 0 Å². The van der Waals surface area contributed by atoms with Gasteiger partial charge in [0.25, 0.3) is 10.0 Å². The van der Waals surface area contributed by atoms with Crippen molar-refractivity contribution in [3.8, 4) is 0 Å². The normalized spacial score (nSPS) is 11.7. The summed E-state index contributed by atoms with van der Waals surface area (Å²) >= 11 is 1.15. The molecule has 0 saturated heterocycles. The molecule has 0 fully saturated rings. The molecular weight excluding hydrogens is 332 g/mol. The largest absolute Gasteiger partial charge is 0.324 e.